The molecule has 4 N–H and O–H groups in total. The highest BCUT2D eigenvalue weighted by Gasteiger charge is 2.28. The molecule has 1 aliphatic carbocycles. The minimum atomic E-state index is -3.40. The zero-order valence-corrected chi connectivity index (χ0v) is 13.0. The van der Waals surface area contributed by atoms with Crippen LogP contribution in [-0.4, -0.2) is 26.6 Å². The van der Waals surface area contributed by atoms with Gasteiger partial charge in [0.1, 0.15) is 0 Å². The van der Waals surface area contributed by atoms with Gasteiger partial charge in [-0.15, -0.1) is 0 Å². The summed E-state index contributed by atoms with van der Waals surface area (Å²) >= 11 is 0. The van der Waals surface area contributed by atoms with E-state index in [-0.39, 0.29) is 17.9 Å². The lowest BCUT2D eigenvalue weighted by Crippen LogP contribution is -2.24. The van der Waals surface area contributed by atoms with Crippen LogP contribution in [0.3, 0.4) is 0 Å². The Hall–Kier alpha value is -1.60. The summed E-state index contributed by atoms with van der Waals surface area (Å²) in [5, 5.41) is 2.82. The van der Waals surface area contributed by atoms with Crippen molar-refractivity contribution >= 4 is 27.3 Å². The first-order valence-electron chi connectivity index (χ1n) is 6.89. The number of amides is 1. The summed E-state index contributed by atoms with van der Waals surface area (Å²) in [6.07, 6.45) is 3.37. The average Bonchev–Trinajstić information content (AvgIpc) is 2.78. The fourth-order valence-electron chi connectivity index (χ4n) is 2.54. The van der Waals surface area contributed by atoms with Crippen molar-refractivity contribution in [2.45, 2.75) is 32.2 Å². The molecule has 2 unspecified atom stereocenters. The number of nitrogens with two attached hydrogens (primary N) is 1. The topological polar surface area (TPSA) is 101 Å². The largest absolute Gasteiger partial charge is 0.328 e. The van der Waals surface area contributed by atoms with Gasteiger partial charge in [0.15, 0.2) is 0 Å². The van der Waals surface area contributed by atoms with Crippen molar-refractivity contribution in [3.63, 3.8) is 0 Å². The summed E-state index contributed by atoms with van der Waals surface area (Å²) in [5.74, 6) is -0.211. The van der Waals surface area contributed by atoms with Gasteiger partial charge >= 0.3 is 0 Å². The Morgan fingerprint density at radius 3 is 2.57 bits per heavy atom. The highest BCUT2D eigenvalue weighted by Crippen LogP contribution is 2.28. The Kier molecular flexibility index (Phi) is 4.53. The van der Waals surface area contributed by atoms with Crippen molar-refractivity contribution in [3.05, 3.63) is 23.8 Å². The van der Waals surface area contributed by atoms with Crippen LogP contribution in [0.15, 0.2) is 18.2 Å². The van der Waals surface area contributed by atoms with Gasteiger partial charge in [-0.25, -0.2) is 8.42 Å². The van der Waals surface area contributed by atoms with E-state index in [0.29, 0.717) is 17.8 Å². The van der Waals surface area contributed by atoms with Crippen molar-refractivity contribution in [1.29, 1.82) is 0 Å². The maximum absolute atomic E-state index is 12.2. The Labute approximate surface area is 125 Å². The van der Waals surface area contributed by atoms with Crippen molar-refractivity contribution in [1.82, 2.24) is 0 Å². The standard InChI is InChI=1S/C14H21N3O3S/c1-9-3-6-12(17-21(2,19)20)13(7-9)16-14(18)10-4-5-11(15)8-10/h3,6-7,10-11,17H,4-5,8,15H2,1-2H3,(H,16,18). The Morgan fingerprint density at radius 2 is 2.00 bits per heavy atom. The molecule has 1 fully saturated rings. The molecule has 7 heteroatoms. The smallest absolute Gasteiger partial charge is 0.229 e. The van der Waals surface area contributed by atoms with E-state index in [9.17, 15) is 13.2 Å². The van der Waals surface area contributed by atoms with Crippen LogP contribution in [0.2, 0.25) is 0 Å². The summed E-state index contributed by atoms with van der Waals surface area (Å²) < 4.78 is 25.2. The van der Waals surface area contributed by atoms with Crippen molar-refractivity contribution < 1.29 is 13.2 Å². The van der Waals surface area contributed by atoms with Crippen LogP contribution < -0.4 is 15.8 Å². The molecular formula is C14H21N3O3S. The maximum Gasteiger partial charge on any atom is 0.229 e. The van der Waals surface area contributed by atoms with E-state index >= 15 is 0 Å². The van der Waals surface area contributed by atoms with Crippen LogP contribution in [0, 0.1) is 12.8 Å². The number of hydrogen-bond acceptors (Lipinski definition) is 4. The molecule has 0 spiro atoms. The van der Waals surface area contributed by atoms with Gasteiger partial charge < -0.3 is 11.1 Å². The molecule has 1 saturated carbocycles. The van der Waals surface area contributed by atoms with Gasteiger partial charge in [-0.2, -0.15) is 0 Å². The first-order chi connectivity index (χ1) is 9.74. The lowest BCUT2D eigenvalue weighted by molar-refractivity contribution is -0.119. The molecule has 1 aliphatic rings. The predicted molar refractivity (Wildman–Crippen MR) is 83.6 cm³/mol. The molecule has 1 aromatic carbocycles. The predicted octanol–water partition coefficient (Wildman–Crippen LogP) is 1.43. The summed E-state index contributed by atoms with van der Waals surface area (Å²) in [4.78, 5) is 12.2. The number of hydrogen-bond donors (Lipinski definition) is 3. The number of carbonyl (C=O) groups excluding carboxylic acids is 1. The van der Waals surface area contributed by atoms with Crippen LogP contribution in [0.25, 0.3) is 0 Å². The third kappa shape index (κ3) is 4.44. The highest BCUT2D eigenvalue weighted by atomic mass is 32.2. The number of nitrogens with one attached hydrogen (secondary N) is 2. The minimum Gasteiger partial charge on any atom is -0.328 e. The summed E-state index contributed by atoms with van der Waals surface area (Å²) in [6, 6.07) is 5.26. The first-order valence-corrected chi connectivity index (χ1v) is 8.78. The number of anilines is 2. The SMILES string of the molecule is Cc1ccc(NS(C)(=O)=O)c(NC(=O)C2CCC(N)C2)c1. The third-order valence-corrected chi connectivity index (χ3v) is 4.16. The normalized spacial score (nSPS) is 22.0. The molecule has 1 amide bonds. The summed E-state index contributed by atoms with van der Waals surface area (Å²) in [7, 11) is -3.40. The van der Waals surface area contributed by atoms with Gasteiger partial charge in [-0.05, 0) is 43.9 Å². The van der Waals surface area contributed by atoms with Crippen molar-refractivity contribution in [2.24, 2.45) is 11.7 Å². The van der Waals surface area contributed by atoms with E-state index in [2.05, 4.69) is 10.0 Å². The maximum atomic E-state index is 12.2. The molecular weight excluding hydrogens is 290 g/mol. The second-order valence-electron chi connectivity index (χ2n) is 5.68. The molecule has 1 aromatic rings. The lowest BCUT2D eigenvalue weighted by atomic mass is 10.1. The molecule has 0 aromatic heterocycles. The minimum absolute atomic E-state index is 0.0758. The molecule has 6 nitrogen and oxygen atoms in total. The molecule has 0 heterocycles. The van der Waals surface area contributed by atoms with E-state index in [1.165, 1.54) is 0 Å². The molecule has 0 bridgehead atoms. The summed E-state index contributed by atoms with van der Waals surface area (Å²) in [5.41, 5.74) is 7.61. The second kappa shape index (κ2) is 6.03. The number of rotatable bonds is 4. The van der Waals surface area contributed by atoms with E-state index in [0.717, 1.165) is 24.7 Å². The number of benzene rings is 1. The van der Waals surface area contributed by atoms with Crippen LogP contribution in [0.4, 0.5) is 11.4 Å². The average molecular weight is 311 g/mol. The van der Waals surface area contributed by atoms with Gasteiger partial charge in [0, 0.05) is 12.0 Å². The zero-order valence-electron chi connectivity index (χ0n) is 12.2. The number of aryl methyl sites for hydroxylation is 1. The molecule has 0 aliphatic heterocycles. The van der Waals surface area contributed by atoms with E-state index in [1.807, 2.05) is 6.92 Å². The van der Waals surface area contributed by atoms with Gasteiger partial charge in [0.25, 0.3) is 0 Å². The monoisotopic (exact) mass is 311 g/mol. The number of carbonyl (C=O) groups is 1. The van der Waals surface area contributed by atoms with E-state index in [1.54, 1.807) is 18.2 Å². The molecule has 2 atom stereocenters. The van der Waals surface area contributed by atoms with Crippen LogP contribution >= 0.6 is 0 Å². The quantitative estimate of drug-likeness (QED) is 0.783. The van der Waals surface area contributed by atoms with E-state index < -0.39 is 10.0 Å². The fraction of sp³-hybridized carbons (Fsp3) is 0.500. The van der Waals surface area contributed by atoms with Crippen LogP contribution in [0.1, 0.15) is 24.8 Å². The van der Waals surface area contributed by atoms with Crippen LogP contribution in [-0.2, 0) is 14.8 Å². The van der Waals surface area contributed by atoms with Crippen LogP contribution in [0.5, 0.6) is 0 Å². The van der Waals surface area contributed by atoms with E-state index in [4.69, 9.17) is 5.73 Å². The molecule has 2 rings (SSSR count). The molecule has 116 valence electrons. The summed E-state index contributed by atoms with van der Waals surface area (Å²) in [6.45, 7) is 1.88. The molecule has 21 heavy (non-hydrogen) atoms. The zero-order chi connectivity index (χ0) is 15.6. The Bertz CT molecular complexity index is 643. The molecule has 0 radical (unpaired) electrons. The van der Waals surface area contributed by atoms with Crippen molar-refractivity contribution in [3.8, 4) is 0 Å². The number of sulfonamides is 1. The lowest BCUT2D eigenvalue weighted by Gasteiger charge is -2.15. The second-order valence-corrected chi connectivity index (χ2v) is 7.43. The first kappa shape index (κ1) is 15.8. The Balaban J connectivity index is 2.18. The van der Waals surface area contributed by atoms with Gasteiger partial charge in [-0.1, -0.05) is 6.07 Å². The highest BCUT2D eigenvalue weighted by molar-refractivity contribution is 7.92. The van der Waals surface area contributed by atoms with Gasteiger partial charge in [0.05, 0.1) is 17.6 Å². The third-order valence-electron chi connectivity index (χ3n) is 3.57. The van der Waals surface area contributed by atoms with Gasteiger partial charge in [0.2, 0.25) is 15.9 Å². The molecule has 0 saturated heterocycles. The fourth-order valence-corrected chi connectivity index (χ4v) is 3.12. The van der Waals surface area contributed by atoms with Crippen molar-refractivity contribution in [2.75, 3.05) is 16.3 Å². The Morgan fingerprint density at radius 1 is 1.29 bits per heavy atom. The van der Waals surface area contributed by atoms with Gasteiger partial charge in [-0.3, -0.25) is 9.52 Å².